The molecule has 0 radical (unpaired) electrons. The van der Waals surface area contributed by atoms with E-state index in [4.69, 9.17) is 0 Å². The van der Waals surface area contributed by atoms with Crippen LogP contribution in [0.5, 0.6) is 0 Å². The van der Waals surface area contributed by atoms with Crippen LogP contribution < -0.4 is 0 Å². The number of hydrogen-bond donors (Lipinski definition) is 0. The van der Waals surface area contributed by atoms with Gasteiger partial charge in [-0.25, -0.2) is 0 Å². The maximum Gasteiger partial charge on any atom is 0.00355 e. The van der Waals surface area contributed by atoms with Gasteiger partial charge in [-0.05, 0) is 58.0 Å². The van der Waals surface area contributed by atoms with E-state index < -0.39 is 0 Å². The smallest absolute Gasteiger partial charge is 0.00355 e. The summed E-state index contributed by atoms with van der Waals surface area (Å²) in [5, 5.41) is 0. The second-order valence-electron chi connectivity index (χ2n) is 6.20. The third-order valence-corrected chi connectivity index (χ3v) is 4.21. The molecule has 1 rings (SSSR count). The number of nitrogens with zero attached hydrogens (tertiary/aromatic N) is 1. The molecule has 1 fully saturated rings. The van der Waals surface area contributed by atoms with Crippen LogP contribution >= 0.6 is 0 Å². The Hall–Kier alpha value is -0.0400. The maximum atomic E-state index is 2.48. The van der Waals surface area contributed by atoms with Crippen LogP contribution in [0.4, 0.5) is 0 Å². The average molecular weight is 211 g/mol. The summed E-state index contributed by atoms with van der Waals surface area (Å²) >= 11 is 0. The van der Waals surface area contributed by atoms with Gasteiger partial charge in [0.2, 0.25) is 0 Å². The Kier molecular flexibility index (Phi) is 4.64. The van der Waals surface area contributed by atoms with Gasteiger partial charge in [-0.1, -0.05) is 26.7 Å². The Morgan fingerprint density at radius 2 is 1.93 bits per heavy atom. The van der Waals surface area contributed by atoms with Crippen molar-refractivity contribution >= 4 is 0 Å². The molecule has 15 heavy (non-hydrogen) atoms. The van der Waals surface area contributed by atoms with Crippen molar-refractivity contribution in [2.24, 2.45) is 11.3 Å². The van der Waals surface area contributed by atoms with E-state index in [1.807, 2.05) is 0 Å². The van der Waals surface area contributed by atoms with Crippen LogP contribution in [-0.4, -0.2) is 24.5 Å². The molecule has 1 aliphatic carbocycles. The lowest BCUT2D eigenvalue weighted by atomic mass is 9.60. The Bertz CT molecular complexity index is 180. The van der Waals surface area contributed by atoms with Gasteiger partial charge in [0.1, 0.15) is 0 Å². The van der Waals surface area contributed by atoms with E-state index >= 15 is 0 Å². The average Bonchev–Trinajstić information content (AvgIpc) is 2.12. The lowest BCUT2D eigenvalue weighted by molar-refractivity contribution is 0.0465. The first-order chi connectivity index (χ1) is 6.97. The molecule has 0 aliphatic heterocycles. The maximum absolute atomic E-state index is 2.48. The molecule has 0 saturated heterocycles. The van der Waals surface area contributed by atoms with Crippen LogP contribution in [0.2, 0.25) is 0 Å². The largest absolute Gasteiger partial charge is 0.304 e. The van der Waals surface area contributed by atoms with Crippen molar-refractivity contribution in [3.05, 3.63) is 0 Å². The third-order valence-electron chi connectivity index (χ3n) is 4.21. The third kappa shape index (κ3) is 3.79. The Labute approximate surface area is 96.2 Å². The van der Waals surface area contributed by atoms with Crippen molar-refractivity contribution in [1.29, 1.82) is 0 Å². The molecule has 0 aromatic carbocycles. The number of hydrogen-bond acceptors (Lipinski definition) is 1. The normalized spacial score (nSPS) is 31.0. The van der Waals surface area contributed by atoms with E-state index in [9.17, 15) is 0 Å². The molecule has 0 atom stereocenters. The van der Waals surface area contributed by atoms with Crippen molar-refractivity contribution in [3.8, 4) is 0 Å². The Balaban J connectivity index is 2.18. The van der Waals surface area contributed by atoms with E-state index in [1.54, 1.807) is 0 Å². The predicted octanol–water partition coefficient (Wildman–Crippen LogP) is 3.93. The molecule has 90 valence electrons. The van der Waals surface area contributed by atoms with Gasteiger partial charge >= 0.3 is 0 Å². The monoisotopic (exact) mass is 211 g/mol. The first-order valence-corrected chi connectivity index (χ1v) is 6.67. The van der Waals surface area contributed by atoms with Gasteiger partial charge in [-0.3, -0.25) is 0 Å². The zero-order valence-electron chi connectivity index (χ0n) is 11.3. The zero-order valence-corrected chi connectivity index (χ0v) is 11.3. The predicted molar refractivity (Wildman–Crippen MR) is 68.1 cm³/mol. The highest BCUT2D eigenvalue weighted by atomic mass is 15.1. The van der Waals surface area contributed by atoms with Gasteiger partial charge in [0.25, 0.3) is 0 Å². The Morgan fingerprint density at radius 3 is 2.40 bits per heavy atom. The molecular weight excluding hydrogens is 182 g/mol. The summed E-state index contributed by atoms with van der Waals surface area (Å²) in [6.07, 6.45) is 7.17. The fraction of sp³-hybridized carbons (Fsp3) is 1.00. The van der Waals surface area contributed by atoms with Crippen molar-refractivity contribution in [2.45, 2.75) is 65.8 Å². The molecule has 1 saturated carbocycles. The van der Waals surface area contributed by atoms with Gasteiger partial charge in [-0.2, -0.15) is 0 Å². The standard InChI is InChI=1S/C14H29N/c1-6-7-13-10-14(4,11-13)8-9-15(5)12(2)3/h12-13H,6-11H2,1-5H3. The van der Waals surface area contributed by atoms with Crippen molar-refractivity contribution in [3.63, 3.8) is 0 Å². The minimum atomic E-state index is 0.670. The molecule has 1 nitrogen and oxygen atoms in total. The van der Waals surface area contributed by atoms with Crippen LogP contribution in [0.25, 0.3) is 0 Å². The topological polar surface area (TPSA) is 3.24 Å². The van der Waals surface area contributed by atoms with E-state index in [2.05, 4.69) is 39.6 Å². The lowest BCUT2D eigenvalue weighted by Crippen LogP contribution is -2.38. The summed E-state index contributed by atoms with van der Waals surface area (Å²) in [4.78, 5) is 2.47. The van der Waals surface area contributed by atoms with E-state index in [0.29, 0.717) is 11.5 Å². The molecular formula is C14H29N. The van der Waals surface area contributed by atoms with Crippen molar-refractivity contribution in [2.75, 3.05) is 13.6 Å². The molecule has 0 aromatic heterocycles. The summed E-state index contributed by atoms with van der Waals surface area (Å²) in [6.45, 7) is 10.6. The van der Waals surface area contributed by atoms with Crippen molar-refractivity contribution in [1.82, 2.24) is 4.90 Å². The molecule has 0 aromatic rings. The van der Waals surface area contributed by atoms with Gasteiger partial charge in [0.05, 0.1) is 0 Å². The summed E-state index contributed by atoms with van der Waals surface area (Å²) in [5.74, 6) is 1.05. The fourth-order valence-corrected chi connectivity index (χ4v) is 2.86. The van der Waals surface area contributed by atoms with E-state index in [-0.39, 0.29) is 0 Å². The summed E-state index contributed by atoms with van der Waals surface area (Å²) in [5.41, 5.74) is 0.670. The molecule has 0 amide bonds. The quantitative estimate of drug-likeness (QED) is 0.643. The highest BCUT2D eigenvalue weighted by Crippen LogP contribution is 2.49. The van der Waals surface area contributed by atoms with Crippen LogP contribution in [0.3, 0.4) is 0 Å². The summed E-state index contributed by atoms with van der Waals surface area (Å²) in [6, 6.07) is 0.695. The Morgan fingerprint density at radius 1 is 1.33 bits per heavy atom. The molecule has 1 aliphatic rings. The highest BCUT2D eigenvalue weighted by molar-refractivity contribution is 4.90. The summed E-state index contributed by atoms with van der Waals surface area (Å²) in [7, 11) is 2.25. The van der Waals surface area contributed by atoms with Crippen LogP contribution in [0, 0.1) is 11.3 Å². The molecule has 0 bridgehead atoms. The molecule has 0 spiro atoms. The van der Waals surface area contributed by atoms with Gasteiger partial charge < -0.3 is 4.90 Å². The van der Waals surface area contributed by atoms with Gasteiger partial charge in [0.15, 0.2) is 0 Å². The van der Waals surface area contributed by atoms with Gasteiger partial charge in [0, 0.05) is 6.04 Å². The minimum absolute atomic E-state index is 0.670. The lowest BCUT2D eigenvalue weighted by Gasteiger charge is -2.46. The molecule has 0 N–H and O–H groups in total. The second kappa shape index (κ2) is 5.34. The molecule has 1 heteroatoms. The molecule has 0 unspecified atom stereocenters. The molecule has 0 heterocycles. The zero-order chi connectivity index (χ0) is 11.5. The first kappa shape index (κ1) is 13.0. The SMILES string of the molecule is CCCC1CC(C)(CCN(C)C(C)C)C1. The van der Waals surface area contributed by atoms with E-state index in [0.717, 1.165) is 5.92 Å². The highest BCUT2D eigenvalue weighted by Gasteiger charge is 2.38. The minimum Gasteiger partial charge on any atom is -0.304 e. The van der Waals surface area contributed by atoms with Gasteiger partial charge in [-0.15, -0.1) is 0 Å². The van der Waals surface area contributed by atoms with Crippen LogP contribution in [0.1, 0.15) is 59.8 Å². The number of rotatable bonds is 6. The van der Waals surface area contributed by atoms with Crippen molar-refractivity contribution < 1.29 is 0 Å². The fourth-order valence-electron chi connectivity index (χ4n) is 2.86. The summed E-state index contributed by atoms with van der Waals surface area (Å²) < 4.78 is 0. The van der Waals surface area contributed by atoms with Crippen LogP contribution in [0.15, 0.2) is 0 Å². The first-order valence-electron chi connectivity index (χ1n) is 6.67. The second-order valence-corrected chi connectivity index (χ2v) is 6.20. The van der Waals surface area contributed by atoms with E-state index in [1.165, 1.54) is 38.6 Å². The van der Waals surface area contributed by atoms with Crippen LogP contribution in [-0.2, 0) is 0 Å².